The highest BCUT2D eigenvalue weighted by Crippen LogP contribution is 2.21. The highest BCUT2D eigenvalue weighted by Gasteiger charge is 2.27. The third kappa shape index (κ3) is 4.56. The molecule has 1 unspecified atom stereocenters. The highest BCUT2D eigenvalue weighted by molar-refractivity contribution is 5.98. The fourth-order valence-electron chi connectivity index (χ4n) is 1.81. The van der Waals surface area contributed by atoms with Gasteiger partial charge in [0.05, 0.1) is 6.04 Å². The standard InChI is InChI=1S/C16H25N3O2/c1-6-18-14(20)11-7-8-12(10(2)9-11)19-15(21)13(17)16(3,4)5/h7-9,13H,6,17H2,1-5H3,(H,18,20)(H,19,21). The number of nitrogens with two attached hydrogens (primary N) is 1. The molecule has 21 heavy (non-hydrogen) atoms. The van der Waals surface area contributed by atoms with Crippen LogP contribution in [0.3, 0.4) is 0 Å². The summed E-state index contributed by atoms with van der Waals surface area (Å²) in [5.74, 6) is -0.346. The van der Waals surface area contributed by atoms with Crippen molar-refractivity contribution in [1.82, 2.24) is 5.32 Å². The summed E-state index contributed by atoms with van der Waals surface area (Å²) in [6.07, 6.45) is 0. The lowest BCUT2D eigenvalue weighted by molar-refractivity contribution is -0.119. The molecule has 1 aromatic carbocycles. The van der Waals surface area contributed by atoms with E-state index in [0.29, 0.717) is 17.8 Å². The van der Waals surface area contributed by atoms with Crippen LogP contribution in [0, 0.1) is 12.3 Å². The van der Waals surface area contributed by atoms with Crippen molar-refractivity contribution in [2.24, 2.45) is 11.1 Å². The van der Waals surface area contributed by atoms with E-state index in [1.807, 2.05) is 34.6 Å². The Labute approximate surface area is 126 Å². The SMILES string of the molecule is CCNC(=O)c1ccc(NC(=O)C(N)C(C)(C)C)c(C)c1. The van der Waals surface area contributed by atoms with Gasteiger partial charge in [-0.15, -0.1) is 0 Å². The van der Waals surface area contributed by atoms with Gasteiger partial charge in [-0.1, -0.05) is 20.8 Å². The molecule has 1 atom stereocenters. The Kier molecular flexibility index (Phi) is 5.49. The Morgan fingerprint density at radius 3 is 2.38 bits per heavy atom. The van der Waals surface area contributed by atoms with Crippen molar-refractivity contribution in [3.05, 3.63) is 29.3 Å². The molecule has 0 aliphatic carbocycles. The number of nitrogens with one attached hydrogen (secondary N) is 2. The summed E-state index contributed by atoms with van der Waals surface area (Å²) in [5, 5.41) is 5.56. The van der Waals surface area contributed by atoms with Crippen molar-refractivity contribution in [3.8, 4) is 0 Å². The Morgan fingerprint density at radius 2 is 1.90 bits per heavy atom. The quantitative estimate of drug-likeness (QED) is 0.794. The lowest BCUT2D eigenvalue weighted by Gasteiger charge is -2.26. The van der Waals surface area contributed by atoms with E-state index < -0.39 is 6.04 Å². The van der Waals surface area contributed by atoms with Gasteiger partial charge in [0, 0.05) is 17.8 Å². The number of carbonyl (C=O) groups excluding carboxylic acids is 2. The maximum atomic E-state index is 12.1. The lowest BCUT2D eigenvalue weighted by atomic mass is 9.87. The topological polar surface area (TPSA) is 84.2 Å². The van der Waals surface area contributed by atoms with E-state index in [1.165, 1.54) is 0 Å². The minimum absolute atomic E-state index is 0.120. The summed E-state index contributed by atoms with van der Waals surface area (Å²) in [7, 11) is 0. The molecule has 0 radical (unpaired) electrons. The molecule has 4 N–H and O–H groups in total. The van der Waals surface area contributed by atoms with Crippen molar-refractivity contribution in [1.29, 1.82) is 0 Å². The molecule has 116 valence electrons. The van der Waals surface area contributed by atoms with Gasteiger partial charge in [-0.3, -0.25) is 9.59 Å². The number of benzene rings is 1. The van der Waals surface area contributed by atoms with Crippen LogP contribution in [0.1, 0.15) is 43.6 Å². The summed E-state index contributed by atoms with van der Waals surface area (Å²) in [4.78, 5) is 23.9. The average molecular weight is 291 g/mol. The smallest absolute Gasteiger partial charge is 0.251 e. The summed E-state index contributed by atoms with van der Waals surface area (Å²) in [6, 6.07) is 4.58. The predicted molar refractivity (Wildman–Crippen MR) is 85.2 cm³/mol. The van der Waals surface area contributed by atoms with Gasteiger partial charge in [0.15, 0.2) is 0 Å². The largest absolute Gasteiger partial charge is 0.352 e. The number of hydrogen-bond acceptors (Lipinski definition) is 3. The van der Waals surface area contributed by atoms with Crippen LogP contribution in [0.4, 0.5) is 5.69 Å². The van der Waals surface area contributed by atoms with E-state index in [-0.39, 0.29) is 17.2 Å². The maximum absolute atomic E-state index is 12.1. The summed E-state index contributed by atoms with van der Waals surface area (Å²) >= 11 is 0. The van der Waals surface area contributed by atoms with Crippen molar-refractivity contribution >= 4 is 17.5 Å². The Balaban J connectivity index is 2.87. The minimum atomic E-state index is -0.597. The molecule has 5 heteroatoms. The average Bonchev–Trinajstić information content (AvgIpc) is 2.39. The molecule has 1 aromatic rings. The molecular formula is C16H25N3O2. The first-order valence-electron chi connectivity index (χ1n) is 7.12. The molecule has 0 saturated heterocycles. The Bertz CT molecular complexity index is 533. The van der Waals surface area contributed by atoms with Crippen LogP contribution in [0.15, 0.2) is 18.2 Å². The van der Waals surface area contributed by atoms with Crippen LogP contribution in [0.2, 0.25) is 0 Å². The summed E-state index contributed by atoms with van der Waals surface area (Å²) in [6.45, 7) is 10.1. The van der Waals surface area contributed by atoms with Gasteiger partial charge in [-0.05, 0) is 43.0 Å². The monoisotopic (exact) mass is 291 g/mol. The molecule has 5 nitrogen and oxygen atoms in total. The van der Waals surface area contributed by atoms with Crippen LogP contribution < -0.4 is 16.4 Å². The van der Waals surface area contributed by atoms with Crippen molar-refractivity contribution in [3.63, 3.8) is 0 Å². The first-order valence-corrected chi connectivity index (χ1v) is 7.12. The van der Waals surface area contributed by atoms with Gasteiger partial charge in [0.1, 0.15) is 0 Å². The molecule has 1 rings (SSSR count). The van der Waals surface area contributed by atoms with Gasteiger partial charge in [-0.25, -0.2) is 0 Å². The third-order valence-corrected chi connectivity index (χ3v) is 3.30. The second-order valence-corrected chi connectivity index (χ2v) is 6.22. The van der Waals surface area contributed by atoms with Crippen LogP contribution in [-0.2, 0) is 4.79 Å². The Hall–Kier alpha value is -1.88. The van der Waals surface area contributed by atoms with Gasteiger partial charge < -0.3 is 16.4 Å². The van der Waals surface area contributed by atoms with E-state index in [2.05, 4.69) is 10.6 Å². The second-order valence-electron chi connectivity index (χ2n) is 6.22. The molecule has 0 aromatic heterocycles. The van der Waals surface area contributed by atoms with E-state index >= 15 is 0 Å². The van der Waals surface area contributed by atoms with E-state index in [9.17, 15) is 9.59 Å². The molecule has 0 fully saturated rings. The minimum Gasteiger partial charge on any atom is -0.352 e. The summed E-state index contributed by atoms with van der Waals surface area (Å²) < 4.78 is 0. The summed E-state index contributed by atoms with van der Waals surface area (Å²) in [5.41, 5.74) is 7.70. The number of amides is 2. The fourth-order valence-corrected chi connectivity index (χ4v) is 1.81. The first kappa shape index (κ1) is 17.2. The van der Waals surface area contributed by atoms with Crippen LogP contribution >= 0.6 is 0 Å². The maximum Gasteiger partial charge on any atom is 0.251 e. The van der Waals surface area contributed by atoms with E-state index in [1.54, 1.807) is 18.2 Å². The van der Waals surface area contributed by atoms with Gasteiger partial charge >= 0.3 is 0 Å². The zero-order chi connectivity index (χ0) is 16.2. The van der Waals surface area contributed by atoms with Crippen LogP contribution in [0.5, 0.6) is 0 Å². The number of anilines is 1. The molecule has 2 amide bonds. The lowest BCUT2D eigenvalue weighted by Crippen LogP contribution is -2.45. The molecule has 0 heterocycles. The zero-order valence-corrected chi connectivity index (χ0v) is 13.4. The first-order chi connectivity index (χ1) is 9.66. The van der Waals surface area contributed by atoms with Crippen molar-refractivity contribution < 1.29 is 9.59 Å². The molecular weight excluding hydrogens is 266 g/mol. The zero-order valence-electron chi connectivity index (χ0n) is 13.4. The fraction of sp³-hybridized carbons (Fsp3) is 0.500. The number of carbonyl (C=O) groups is 2. The molecule has 0 bridgehead atoms. The van der Waals surface area contributed by atoms with E-state index in [4.69, 9.17) is 5.73 Å². The van der Waals surface area contributed by atoms with Crippen molar-refractivity contribution in [2.45, 2.75) is 40.7 Å². The van der Waals surface area contributed by atoms with Crippen molar-refractivity contribution in [2.75, 3.05) is 11.9 Å². The second kappa shape index (κ2) is 6.72. The molecule has 0 spiro atoms. The third-order valence-electron chi connectivity index (χ3n) is 3.30. The number of aryl methyl sites for hydroxylation is 1. The van der Waals surface area contributed by atoms with Crippen LogP contribution in [0.25, 0.3) is 0 Å². The number of rotatable bonds is 4. The number of hydrogen-bond donors (Lipinski definition) is 3. The van der Waals surface area contributed by atoms with Gasteiger partial charge in [-0.2, -0.15) is 0 Å². The van der Waals surface area contributed by atoms with E-state index in [0.717, 1.165) is 5.56 Å². The van der Waals surface area contributed by atoms with Crippen LogP contribution in [-0.4, -0.2) is 24.4 Å². The Morgan fingerprint density at radius 1 is 1.29 bits per heavy atom. The predicted octanol–water partition coefficient (Wildman–Crippen LogP) is 2.06. The van der Waals surface area contributed by atoms with Gasteiger partial charge in [0.25, 0.3) is 5.91 Å². The molecule has 0 aliphatic heterocycles. The molecule has 0 aliphatic rings. The highest BCUT2D eigenvalue weighted by atomic mass is 16.2. The van der Waals surface area contributed by atoms with Gasteiger partial charge in [0.2, 0.25) is 5.91 Å². The molecule has 0 saturated carbocycles. The normalized spacial score (nSPS) is 12.7.